The second-order valence-electron chi connectivity index (χ2n) is 4.52. The van der Waals surface area contributed by atoms with Gasteiger partial charge in [0, 0.05) is 0 Å². The van der Waals surface area contributed by atoms with Gasteiger partial charge in [0.1, 0.15) is 16.8 Å². The molecule has 74 valence electrons. The normalized spacial score (nSPS) is 59.8. The zero-order chi connectivity index (χ0) is 10.1. The van der Waals surface area contributed by atoms with E-state index in [1.165, 1.54) is 0 Å². The van der Waals surface area contributed by atoms with E-state index in [-0.39, 0.29) is 6.10 Å². The Kier molecular flexibility index (Phi) is 1.41. The molecule has 2 rings (SSSR count). The van der Waals surface area contributed by atoms with Crippen molar-refractivity contribution in [3.63, 3.8) is 0 Å². The summed E-state index contributed by atoms with van der Waals surface area (Å²) in [7, 11) is 0. The summed E-state index contributed by atoms with van der Waals surface area (Å²) in [5.41, 5.74) is -2.15. The summed E-state index contributed by atoms with van der Waals surface area (Å²) < 4.78 is 5.49. The van der Waals surface area contributed by atoms with Crippen LogP contribution in [0.1, 0.15) is 27.7 Å². The van der Waals surface area contributed by atoms with Crippen LogP contribution in [0.3, 0.4) is 0 Å². The van der Waals surface area contributed by atoms with Gasteiger partial charge in [-0.1, -0.05) is 0 Å². The van der Waals surface area contributed by atoms with Crippen LogP contribution in [0.5, 0.6) is 0 Å². The summed E-state index contributed by atoms with van der Waals surface area (Å²) in [5, 5.41) is 20.4. The molecule has 2 N–H and O–H groups in total. The van der Waals surface area contributed by atoms with Crippen molar-refractivity contribution in [3.8, 4) is 0 Å². The Morgan fingerprint density at radius 2 is 1.92 bits per heavy atom. The minimum Gasteiger partial charge on any atom is -0.383 e. The fourth-order valence-corrected chi connectivity index (χ4v) is 2.47. The molecule has 2 aliphatic rings. The molecule has 4 atom stereocenters. The van der Waals surface area contributed by atoms with E-state index in [0.29, 0.717) is 0 Å². The molecule has 0 unspecified atom stereocenters. The molecule has 0 aromatic rings. The Morgan fingerprint density at radius 3 is 2.23 bits per heavy atom. The molecule has 1 fully saturated rings. The van der Waals surface area contributed by atoms with Gasteiger partial charge in [0.15, 0.2) is 0 Å². The third-order valence-corrected chi connectivity index (χ3v) is 3.93. The van der Waals surface area contributed by atoms with Crippen molar-refractivity contribution in [2.75, 3.05) is 0 Å². The maximum Gasteiger partial charge on any atom is 0.141 e. The molecule has 3 heteroatoms. The van der Waals surface area contributed by atoms with Crippen molar-refractivity contribution < 1.29 is 14.9 Å². The van der Waals surface area contributed by atoms with E-state index in [1.54, 1.807) is 19.9 Å². The van der Waals surface area contributed by atoms with Gasteiger partial charge in [0.2, 0.25) is 0 Å². The topological polar surface area (TPSA) is 49.7 Å². The first-order valence-electron chi connectivity index (χ1n) is 4.58. The monoisotopic (exact) mass is 184 g/mol. The number of rotatable bonds is 0. The van der Waals surface area contributed by atoms with Crippen molar-refractivity contribution in [2.24, 2.45) is 0 Å². The molecule has 1 heterocycles. The largest absolute Gasteiger partial charge is 0.383 e. The van der Waals surface area contributed by atoms with Crippen LogP contribution >= 0.6 is 0 Å². The van der Waals surface area contributed by atoms with Gasteiger partial charge in [-0.15, -0.1) is 0 Å². The molecule has 1 aliphatic carbocycles. The predicted octanol–water partition coefficient (Wildman–Crippen LogP) is 0.606. The predicted molar refractivity (Wildman–Crippen MR) is 48.3 cm³/mol. The first-order valence-corrected chi connectivity index (χ1v) is 4.58. The highest BCUT2D eigenvalue weighted by Crippen LogP contribution is 2.57. The van der Waals surface area contributed by atoms with Gasteiger partial charge in [-0.3, -0.25) is 0 Å². The quantitative estimate of drug-likeness (QED) is 0.542. The maximum absolute atomic E-state index is 10.2. The molecule has 0 saturated carbocycles. The van der Waals surface area contributed by atoms with Crippen LogP contribution in [0.4, 0.5) is 0 Å². The lowest BCUT2D eigenvalue weighted by molar-refractivity contribution is -0.349. The average molecular weight is 184 g/mol. The van der Waals surface area contributed by atoms with Gasteiger partial charge in [-0.25, -0.2) is 0 Å². The summed E-state index contributed by atoms with van der Waals surface area (Å²) in [4.78, 5) is 0. The van der Waals surface area contributed by atoms with Crippen molar-refractivity contribution >= 4 is 0 Å². The zero-order valence-electron chi connectivity index (χ0n) is 8.46. The Balaban J connectivity index is 2.50. The molecular weight excluding hydrogens is 168 g/mol. The molecule has 0 radical (unpaired) electrons. The molecule has 13 heavy (non-hydrogen) atoms. The fraction of sp³-hybridized carbons (Fsp3) is 0.800. The molecule has 0 spiro atoms. The minimum atomic E-state index is -1.06. The number of fused-ring (bicyclic) bond motifs is 1. The minimum absolute atomic E-state index is 0.235. The lowest BCUT2D eigenvalue weighted by atomic mass is 9.70. The van der Waals surface area contributed by atoms with Crippen molar-refractivity contribution in [1.82, 2.24) is 0 Å². The van der Waals surface area contributed by atoms with Gasteiger partial charge in [0.25, 0.3) is 0 Å². The molecule has 1 aliphatic heterocycles. The Morgan fingerprint density at radius 1 is 1.38 bits per heavy atom. The van der Waals surface area contributed by atoms with Gasteiger partial charge in [-0.2, -0.15) is 0 Å². The Labute approximate surface area is 78.0 Å². The third kappa shape index (κ3) is 0.685. The van der Waals surface area contributed by atoms with Gasteiger partial charge in [0.05, 0.1) is 6.10 Å². The standard InChI is InChI=1S/C10H16O3/c1-6-5-10(12)7(2)13-9(10,4)8(6,3)11/h5,7,11-12H,1-4H3/t7-,8+,9-,10+/m1/s1. The van der Waals surface area contributed by atoms with Gasteiger partial charge in [-0.05, 0) is 39.3 Å². The zero-order valence-corrected chi connectivity index (χ0v) is 8.46. The molecule has 0 aromatic carbocycles. The molecule has 0 bridgehead atoms. The second-order valence-corrected chi connectivity index (χ2v) is 4.52. The highest BCUT2D eigenvalue weighted by Gasteiger charge is 2.72. The van der Waals surface area contributed by atoms with Crippen LogP contribution in [-0.4, -0.2) is 33.1 Å². The van der Waals surface area contributed by atoms with E-state index in [9.17, 15) is 10.2 Å². The summed E-state index contributed by atoms with van der Waals surface area (Å²) in [5.74, 6) is 0. The number of ether oxygens (including phenoxy) is 1. The average Bonchev–Trinajstić information content (AvgIpc) is 2.11. The van der Waals surface area contributed by atoms with E-state index in [1.807, 2.05) is 13.8 Å². The lowest BCUT2D eigenvalue weighted by Crippen LogP contribution is -2.76. The van der Waals surface area contributed by atoms with E-state index >= 15 is 0 Å². The maximum atomic E-state index is 10.2. The molecular formula is C10H16O3. The summed E-state index contributed by atoms with van der Waals surface area (Å²) in [6.45, 7) is 7.06. The highest BCUT2D eigenvalue weighted by atomic mass is 16.6. The van der Waals surface area contributed by atoms with Crippen LogP contribution in [0, 0.1) is 0 Å². The van der Waals surface area contributed by atoms with Crippen molar-refractivity contribution in [1.29, 1.82) is 0 Å². The van der Waals surface area contributed by atoms with E-state index in [2.05, 4.69) is 0 Å². The van der Waals surface area contributed by atoms with Crippen LogP contribution in [0.15, 0.2) is 11.6 Å². The highest BCUT2D eigenvalue weighted by molar-refractivity contribution is 5.42. The summed E-state index contributed by atoms with van der Waals surface area (Å²) in [6, 6.07) is 0. The first-order chi connectivity index (χ1) is 5.76. The van der Waals surface area contributed by atoms with Crippen molar-refractivity contribution in [3.05, 3.63) is 11.6 Å². The SMILES string of the molecule is CC1=C[C@]2(O)[C@@H](C)O[C@]2(C)[C@@]1(C)O. The molecule has 0 aromatic heterocycles. The molecule has 1 saturated heterocycles. The lowest BCUT2D eigenvalue weighted by Gasteiger charge is -2.58. The molecule has 0 amide bonds. The number of aliphatic hydroxyl groups is 2. The van der Waals surface area contributed by atoms with E-state index in [0.717, 1.165) is 5.57 Å². The number of hydrogen-bond acceptors (Lipinski definition) is 3. The van der Waals surface area contributed by atoms with Crippen molar-refractivity contribution in [2.45, 2.75) is 50.6 Å². The third-order valence-electron chi connectivity index (χ3n) is 3.93. The Bertz CT molecular complexity index is 295. The van der Waals surface area contributed by atoms with Crippen LogP contribution in [0.25, 0.3) is 0 Å². The van der Waals surface area contributed by atoms with Crippen LogP contribution in [0.2, 0.25) is 0 Å². The molecule has 3 nitrogen and oxygen atoms in total. The van der Waals surface area contributed by atoms with Gasteiger partial charge >= 0.3 is 0 Å². The second kappa shape index (κ2) is 2.00. The van der Waals surface area contributed by atoms with E-state index < -0.39 is 16.8 Å². The van der Waals surface area contributed by atoms with Gasteiger partial charge < -0.3 is 14.9 Å². The smallest absolute Gasteiger partial charge is 0.141 e. The number of hydrogen-bond donors (Lipinski definition) is 2. The first kappa shape index (κ1) is 9.19. The van der Waals surface area contributed by atoms with Crippen LogP contribution < -0.4 is 0 Å². The van der Waals surface area contributed by atoms with E-state index in [4.69, 9.17) is 4.74 Å². The summed E-state index contributed by atoms with van der Waals surface area (Å²) >= 11 is 0. The van der Waals surface area contributed by atoms with Crippen LogP contribution in [-0.2, 0) is 4.74 Å². The summed E-state index contributed by atoms with van der Waals surface area (Å²) in [6.07, 6.45) is 1.49. The fourth-order valence-electron chi connectivity index (χ4n) is 2.47. The Hall–Kier alpha value is -0.380.